The smallest absolute Gasteiger partial charge is 0.305 e. The summed E-state index contributed by atoms with van der Waals surface area (Å²) >= 11 is 0. The number of anilines is 1. The zero-order chi connectivity index (χ0) is 13.7. The van der Waals surface area contributed by atoms with Crippen LogP contribution in [0.15, 0.2) is 12.4 Å². The van der Waals surface area contributed by atoms with E-state index >= 15 is 0 Å². The van der Waals surface area contributed by atoms with E-state index in [9.17, 15) is 10.1 Å². The summed E-state index contributed by atoms with van der Waals surface area (Å²) in [6.45, 7) is 5.84. The molecule has 7 nitrogen and oxygen atoms in total. The van der Waals surface area contributed by atoms with Crippen LogP contribution in [0.2, 0.25) is 0 Å². The summed E-state index contributed by atoms with van der Waals surface area (Å²) in [5.74, 6) is 1.16. The molecule has 0 aliphatic carbocycles. The van der Waals surface area contributed by atoms with Gasteiger partial charge in [0.2, 0.25) is 5.95 Å². The van der Waals surface area contributed by atoms with Crippen LogP contribution in [0.3, 0.4) is 0 Å². The van der Waals surface area contributed by atoms with E-state index in [0.29, 0.717) is 11.9 Å². The number of nitro groups is 1. The lowest BCUT2D eigenvalue weighted by molar-refractivity contribution is -0.385. The summed E-state index contributed by atoms with van der Waals surface area (Å²) in [6.07, 6.45) is 4.94. The fourth-order valence-corrected chi connectivity index (χ4v) is 2.32. The van der Waals surface area contributed by atoms with Gasteiger partial charge in [-0.3, -0.25) is 10.1 Å². The van der Waals surface area contributed by atoms with Crippen molar-refractivity contribution in [1.29, 1.82) is 0 Å². The van der Waals surface area contributed by atoms with E-state index in [2.05, 4.69) is 20.2 Å². The molecule has 2 rings (SSSR count). The van der Waals surface area contributed by atoms with Gasteiger partial charge in [0.1, 0.15) is 12.4 Å². The highest BCUT2D eigenvalue weighted by molar-refractivity contribution is 5.33. The maximum absolute atomic E-state index is 10.6. The molecule has 0 amide bonds. The number of piperidine rings is 1. The molecule has 1 aromatic heterocycles. The largest absolute Gasteiger partial charge is 0.341 e. The van der Waals surface area contributed by atoms with Crippen LogP contribution in [0.5, 0.6) is 0 Å². The van der Waals surface area contributed by atoms with Crippen molar-refractivity contribution in [2.24, 2.45) is 5.92 Å². The number of nitrogens with zero attached hydrogens (tertiary/aromatic N) is 4. The number of aromatic nitrogens is 2. The Morgan fingerprint density at radius 1 is 1.53 bits per heavy atom. The van der Waals surface area contributed by atoms with E-state index in [1.165, 1.54) is 25.2 Å². The lowest BCUT2D eigenvalue weighted by Crippen LogP contribution is -2.39. The Kier molecular flexibility index (Phi) is 4.62. The summed E-state index contributed by atoms with van der Waals surface area (Å²) < 4.78 is 0. The monoisotopic (exact) mass is 265 g/mol. The SMILES string of the molecule is CCN(CC1CCCNC1)c1ncc([N+](=O)[O-])cn1. The average molecular weight is 265 g/mol. The van der Waals surface area contributed by atoms with Crippen LogP contribution in [0.1, 0.15) is 19.8 Å². The lowest BCUT2D eigenvalue weighted by atomic mass is 9.99. The Balaban J connectivity index is 2.01. The second kappa shape index (κ2) is 6.42. The summed E-state index contributed by atoms with van der Waals surface area (Å²) in [7, 11) is 0. The number of hydrogen-bond donors (Lipinski definition) is 1. The fraction of sp³-hybridized carbons (Fsp3) is 0.667. The molecule has 0 spiro atoms. The highest BCUT2D eigenvalue weighted by Gasteiger charge is 2.18. The van der Waals surface area contributed by atoms with Crippen LogP contribution in [-0.2, 0) is 0 Å². The van der Waals surface area contributed by atoms with Gasteiger partial charge in [-0.1, -0.05) is 0 Å². The third-order valence-corrected chi connectivity index (χ3v) is 3.38. The molecule has 0 saturated carbocycles. The second-order valence-corrected chi connectivity index (χ2v) is 4.75. The van der Waals surface area contributed by atoms with E-state index < -0.39 is 4.92 Å². The van der Waals surface area contributed by atoms with Gasteiger partial charge in [0.05, 0.1) is 4.92 Å². The summed E-state index contributed by atoms with van der Waals surface area (Å²) in [6, 6.07) is 0. The number of rotatable bonds is 5. The maximum Gasteiger partial charge on any atom is 0.305 e. The van der Waals surface area contributed by atoms with Gasteiger partial charge in [0, 0.05) is 13.1 Å². The fourth-order valence-electron chi connectivity index (χ4n) is 2.32. The van der Waals surface area contributed by atoms with E-state index in [1.807, 2.05) is 6.92 Å². The van der Waals surface area contributed by atoms with Gasteiger partial charge in [-0.05, 0) is 38.8 Å². The van der Waals surface area contributed by atoms with Crippen molar-refractivity contribution in [1.82, 2.24) is 15.3 Å². The van der Waals surface area contributed by atoms with Crippen molar-refractivity contribution < 1.29 is 4.92 Å². The molecular formula is C12H19N5O2. The van der Waals surface area contributed by atoms with Crippen molar-refractivity contribution in [2.45, 2.75) is 19.8 Å². The Labute approximate surface area is 112 Å². The molecule has 0 radical (unpaired) electrons. The average Bonchev–Trinajstić information content (AvgIpc) is 2.46. The molecular weight excluding hydrogens is 246 g/mol. The lowest BCUT2D eigenvalue weighted by Gasteiger charge is -2.29. The third kappa shape index (κ3) is 3.60. The molecule has 1 atom stereocenters. The van der Waals surface area contributed by atoms with E-state index in [0.717, 1.165) is 26.2 Å². The molecule has 1 unspecified atom stereocenters. The quantitative estimate of drug-likeness (QED) is 0.636. The standard InChI is InChI=1S/C12H19N5O2/c1-2-16(9-10-4-3-5-13-6-10)12-14-7-11(8-15-12)17(18)19/h7-8,10,13H,2-6,9H2,1H3. The van der Waals surface area contributed by atoms with Gasteiger partial charge in [-0.25, -0.2) is 9.97 Å². The molecule has 19 heavy (non-hydrogen) atoms. The first-order valence-electron chi connectivity index (χ1n) is 6.62. The van der Waals surface area contributed by atoms with Gasteiger partial charge >= 0.3 is 5.69 Å². The summed E-state index contributed by atoms with van der Waals surface area (Å²) in [5, 5.41) is 14.0. The predicted octanol–water partition coefficient (Wildman–Crippen LogP) is 1.21. The van der Waals surface area contributed by atoms with Crippen LogP contribution in [0, 0.1) is 16.0 Å². The third-order valence-electron chi connectivity index (χ3n) is 3.38. The second-order valence-electron chi connectivity index (χ2n) is 4.75. The minimum Gasteiger partial charge on any atom is -0.341 e. The number of nitrogens with one attached hydrogen (secondary N) is 1. The van der Waals surface area contributed by atoms with Gasteiger partial charge < -0.3 is 10.2 Å². The normalized spacial score (nSPS) is 19.1. The van der Waals surface area contributed by atoms with Gasteiger partial charge in [0.15, 0.2) is 0 Å². The van der Waals surface area contributed by atoms with Crippen molar-refractivity contribution in [3.8, 4) is 0 Å². The van der Waals surface area contributed by atoms with Crippen LogP contribution in [0.25, 0.3) is 0 Å². The summed E-state index contributed by atoms with van der Waals surface area (Å²) in [4.78, 5) is 20.3. The Bertz CT molecular complexity index is 417. The van der Waals surface area contributed by atoms with E-state index in [-0.39, 0.29) is 5.69 Å². The van der Waals surface area contributed by atoms with Crippen molar-refractivity contribution in [2.75, 3.05) is 31.1 Å². The molecule has 1 aliphatic rings. The highest BCUT2D eigenvalue weighted by Crippen LogP contribution is 2.16. The molecule has 1 N–H and O–H groups in total. The van der Waals surface area contributed by atoms with E-state index in [1.54, 1.807) is 0 Å². The Morgan fingerprint density at radius 3 is 2.79 bits per heavy atom. The first-order chi connectivity index (χ1) is 9.20. The van der Waals surface area contributed by atoms with Crippen molar-refractivity contribution >= 4 is 11.6 Å². The van der Waals surface area contributed by atoms with Crippen LogP contribution >= 0.6 is 0 Å². The molecule has 1 aromatic rings. The Morgan fingerprint density at radius 2 is 2.26 bits per heavy atom. The first kappa shape index (κ1) is 13.7. The van der Waals surface area contributed by atoms with Gasteiger partial charge in [-0.2, -0.15) is 0 Å². The minimum atomic E-state index is -0.481. The minimum absolute atomic E-state index is 0.0702. The van der Waals surface area contributed by atoms with Crippen molar-refractivity contribution in [3.05, 3.63) is 22.5 Å². The van der Waals surface area contributed by atoms with Crippen LogP contribution in [-0.4, -0.2) is 41.1 Å². The molecule has 1 fully saturated rings. The molecule has 0 bridgehead atoms. The van der Waals surface area contributed by atoms with Gasteiger partial charge in [-0.15, -0.1) is 0 Å². The molecule has 0 aromatic carbocycles. The molecule has 1 saturated heterocycles. The Hall–Kier alpha value is -1.76. The van der Waals surface area contributed by atoms with Crippen molar-refractivity contribution in [3.63, 3.8) is 0 Å². The molecule has 1 aliphatic heterocycles. The van der Waals surface area contributed by atoms with Crippen LogP contribution in [0.4, 0.5) is 11.6 Å². The highest BCUT2D eigenvalue weighted by atomic mass is 16.6. The van der Waals surface area contributed by atoms with Gasteiger partial charge in [0.25, 0.3) is 0 Å². The number of hydrogen-bond acceptors (Lipinski definition) is 6. The first-order valence-corrected chi connectivity index (χ1v) is 6.62. The predicted molar refractivity (Wildman–Crippen MR) is 72.2 cm³/mol. The maximum atomic E-state index is 10.6. The molecule has 2 heterocycles. The van der Waals surface area contributed by atoms with Crippen LogP contribution < -0.4 is 10.2 Å². The molecule has 7 heteroatoms. The molecule has 104 valence electrons. The summed E-state index contributed by atoms with van der Waals surface area (Å²) in [5.41, 5.74) is -0.0702. The zero-order valence-corrected chi connectivity index (χ0v) is 11.1. The topological polar surface area (TPSA) is 84.2 Å². The van der Waals surface area contributed by atoms with E-state index in [4.69, 9.17) is 0 Å². The zero-order valence-electron chi connectivity index (χ0n) is 11.1.